The van der Waals surface area contributed by atoms with Crippen LogP contribution in [-0.2, 0) is 52.5 Å². The van der Waals surface area contributed by atoms with Gasteiger partial charge in [0.1, 0.15) is 19.3 Å². The minimum Gasteiger partial charge on any atom is -0.481 e. The lowest BCUT2D eigenvalue weighted by Gasteiger charge is -2.16. The van der Waals surface area contributed by atoms with Crippen LogP contribution in [0, 0.1) is 0 Å². The number of ether oxygens (including phenoxy) is 5. The van der Waals surface area contributed by atoms with E-state index < -0.39 is 18.0 Å². The Morgan fingerprint density at radius 2 is 0.926 bits per heavy atom. The van der Waals surface area contributed by atoms with Crippen molar-refractivity contribution in [2.45, 2.75) is 141 Å². The number of carboxylic acids is 1. The molecular formula is C39H71N3O12. The molecule has 0 spiro atoms. The molecule has 0 rings (SSSR count). The number of esters is 1. The van der Waals surface area contributed by atoms with Gasteiger partial charge in [-0.15, -0.1) is 0 Å². The average molecular weight is 774 g/mol. The molecule has 0 radical (unpaired) electrons. The van der Waals surface area contributed by atoms with Crippen LogP contribution in [0.3, 0.4) is 0 Å². The number of Topliss-reactive ketones (excluding diaryl/α,β-unsaturated/α-hetero) is 1. The van der Waals surface area contributed by atoms with E-state index in [-0.39, 0.29) is 82.3 Å². The van der Waals surface area contributed by atoms with Crippen molar-refractivity contribution in [2.24, 2.45) is 0 Å². The second-order valence-electron chi connectivity index (χ2n) is 13.5. The first-order valence-electron chi connectivity index (χ1n) is 20.1. The van der Waals surface area contributed by atoms with E-state index in [2.05, 4.69) is 16.0 Å². The van der Waals surface area contributed by atoms with Gasteiger partial charge in [0.15, 0.2) is 5.78 Å². The number of carbonyl (C=O) groups excluding carboxylic acids is 5. The molecule has 0 aromatic rings. The summed E-state index contributed by atoms with van der Waals surface area (Å²) in [5.74, 6) is -2.12. The van der Waals surface area contributed by atoms with Crippen molar-refractivity contribution in [3.8, 4) is 0 Å². The van der Waals surface area contributed by atoms with Crippen LogP contribution in [-0.4, -0.2) is 120 Å². The number of amides is 3. The van der Waals surface area contributed by atoms with Gasteiger partial charge < -0.3 is 44.7 Å². The van der Waals surface area contributed by atoms with Gasteiger partial charge in [0, 0.05) is 32.4 Å². The monoisotopic (exact) mass is 774 g/mol. The van der Waals surface area contributed by atoms with Gasteiger partial charge in [-0.2, -0.15) is 0 Å². The molecule has 4 N–H and O–H groups in total. The lowest BCUT2D eigenvalue weighted by molar-refractivity contribution is -0.145. The number of rotatable bonds is 40. The summed E-state index contributed by atoms with van der Waals surface area (Å²) in [5.41, 5.74) is 0. The minimum absolute atomic E-state index is 0.0362. The number of hydrogen-bond acceptors (Lipinski definition) is 11. The summed E-state index contributed by atoms with van der Waals surface area (Å²) in [6.07, 6.45) is 18.9. The van der Waals surface area contributed by atoms with Crippen molar-refractivity contribution in [3.63, 3.8) is 0 Å². The maximum absolute atomic E-state index is 12.5. The van der Waals surface area contributed by atoms with Crippen molar-refractivity contribution in [3.05, 3.63) is 0 Å². The summed E-state index contributed by atoms with van der Waals surface area (Å²) in [5, 5.41) is 16.7. The van der Waals surface area contributed by atoms with Gasteiger partial charge in [-0.05, 0) is 26.2 Å². The predicted molar refractivity (Wildman–Crippen MR) is 204 cm³/mol. The molecule has 0 fully saturated rings. The van der Waals surface area contributed by atoms with E-state index in [0.29, 0.717) is 32.8 Å². The number of methoxy groups -OCH3 is 1. The molecule has 0 aliphatic rings. The number of hydrogen-bond donors (Lipinski definition) is 4. The summed E-state index contributed by atoms with van der Waals surface area (Å²) in [6.45, 7) is 3.61. The Bertz CT molecular complexity index is 998. The second-order valence-corrected chi connectivity index (χ2v) is 13.5. The SMILES string of the molecule is COC(=O)C(CCC(=O)NCCOCCOCC(=O)NCCOCCOCC(C)=O)NC(=O)CCCCCCCCCCCCCCCCCCC(=O)O. The van der Waals surface area contributed by atoms with Crippen LogP contribution in [0.5, 0.6) is 0 Å². The molecule has 0 aromatic carbocycles. The average Bonchev–Trinajstić information content (AvgIpc) is 3.14. The van der Waals surface area contributed by atoms with E-state index in [0.717, 1.165) is 44.9 Å². The minimum atomic E-state index is -0.889. The standard InChI is InChI=1S/C39H71N3O12/c1-33(43)31-53-29-27-52-26-24-41-37(46)32-54-30-28-51-25-23-40-35(44)22-21-34(39(49)50-2)42-36(45)19-17-15-13-11-9-7-5-3-4-6-8-10-12-14-16-18-20-38(47)48/h34H,3-32H2,1-2H3,(H,40,44)(H,41,46)(H,42,45)(H,47,48). The Labute approximate surface area is 323 Å². The summed E-state index contributed by atoms with van der Waals surface area (Å²) in [6, 6.07) is -0.889. The van der Waals surface area contributed by atoms with E-state index in [4.69, 9.17) is 28.8 Å². The largest absolute Gasteiger partial charge is 0.481 e. The Balaban J connectivity index is 3.73. The molecule has 54 heavy (non-hydrogen) atoms. The Hall–Kier alpha value is -3.14. The van der Waals surface area contributed by atoms with E-state index in [1.54, 1.807) is 0 Å². The summed E-state index contributed by atoms with van der Waals surface area (Å²) in [7, 11) is 1.25. The van der Waals surface area contributed by atoms with E-state index >= 15 is 0 Å². The third-order valence-corrected chi connectivity index (χ3v) is 8.45. The number of nitrogens with one attached hydrogen (secondary N) is 3. The number of carbonyl (C=O) groups is 6. The maximum Gasteiger partial charge on any atom is 0.328 e. The first-order chi connectivity index (χ1) is 26.1. The van der Waals surface area contributed by atoms with Crippen LogP contribution in [0.1, 0.15) is 135 Å². The first kappa shape index (κ1) is 50.9. The van der Waals surface area contributed by atoms with E-state index in [1.165, 1.54) is 71.8 Å². The third-order valence-electron chi connectivity index (χ3n) is 8.45. The zero-order valence-electron chi connectivity index (χ0n) is 33.2. The van der Waals surface area contributed by atoms with Gasteiger partial charge in [-0.1, -0.05) is 89.9 Å². The molecule has 0 aliphatic carbocycles. The van der Waals surface area contributed by atoms with Gasteiger partial charge in [0.05, 0.1) is 46.8 Å². The van der Waals surface area contributed by atoms with Crippen LogP contribution in [0.15, 0.2) is 0 Å². The Morgan fingerprint density at radius 3 is 1.39 bits per heavy atom. The molecule has 1 atom stereocenters. The normalized spacial score (nSPS) is 11.5. The molecule has 3 amide bonds. The molecule has 314 valence electrons. The molecule has 0 saturated heterocycles. The summed E-state index contributed by atoms with van der Waals surface area (Å²) < 4.78 is 25.8. The zero-order valence-corrected chi connectivity index (χ0v) is 33.2. The number of aliphatic carboxylic acids is 1. The maximum atomic E-state index is 12.5. The van der Waals surface area contributed by atoms with E-state index in [1.807, 2.05) is 0 Å². The van der Waals surface area contributed by atoms with Crippen molar-refractivity contribution in [2.75, 3.05) is 73.1 Å². The number of ketones is 1. The highest BCUT2D eigenvalue weighted by Crippen LogP contribution is 2.14. The fourth-order valence-electron chi connectivity index (χ4n) is 5.46. The quantitative estimate of drug-likeness (QED) is 0.0505. The number of carboxylic acid groups (broad SMARTS) is 1. The van der Waals surface area contributed by atoms with Crippen molar-refractivity contribution in [1.29, 1.82) is 0 Å². The van der Waals surface area contributed by atoms with Gasteiger partial charge in [0.25, 0.3) is 0 Å². The smallest absolute Gasteiger partial charge is 0.328 e. The Morgan fingerprint density at radius 1 is 0.500 bits per heavy atom. The predicted octanol–water partition coefficient (Wildman–Crippen LogP) is 4.42. The van der Waals surface area contributed by atoms with Crippen LogP contribution >= 0.6 is 0 Å². The highest BCUT2D eigenvalue weighted by molar-refractivity contribution is 5.85. The lowest BCUT2D eigenvalue weighted by Crippen LogP contribution is -2.42. The fraction of sp³-hybridized carbons (Fsp3) is 0.846. The molecule has 1 unspecified atom stereocenters. The highest BCUT2D eigenvalue weighted by Gasteiger charge is 2.22. The molecule has 15 heteroatoms. The zero-order chi connectivity index (χ0) is 39.9. The second kappa shape index (κ2) is 38.1. The Kier molecular flexibility index (Phi) is 35.9. The molecule has 0 heterocycles. The van der Waals surface area contributed by atoms with Gasteiger partial charge in [-0.3, -0.25) is 24.0 Å². The number of unbranched alkanes of at least 4 members (excludes halogenated alkanes) is 15. The van der Waals surface area contributed by atoms with Gasteiger partial charge in [-0.25, -0.2) is 4.79 Å². The van der Waals surface area contributed by atoms with Crippen LogP contribution in [0.2, 0.25) is 0 Å². The molecule has 0 bridgehead atoms. The van der Waals surface area contributed by atoms with E-state index in [9.17, 15) is 28.8 Å². The van der Waals surface area contributed by atoms with Gasteiger partial charge in [0.2, 0.25) is 17.7 Å². The van der Waals surface area contributed by atoms with Crippen LogP contribution in [0.4, 0.5) is 0 Å². The third kappa shape index (κ3) is 37.2. The molecule has 0 saturated carbocycles. The van der Waals surface area contributed by atoms with Crippen molar-refractivity contribution in [1.82, 2.24) is 16.0 Å². The lowest BCUT2D eigenvalue weighted by atomic mass is 10.0. The summed E-state index contributed by atoms with van der Waals surface area (Å²) in [4.78, 5) is 70.0. The van der Waals surface area contributed by atoms with Crippen LogP contribution < -0.4 is 16.0 Å². The summed E-state index contributed by atoms with van der Waals surface area (Å²) >= 11 is 0. The first-order valence-corrected chi connectivity index (χ1v) is 20.1. The molecule has 0 aliphatic heterocycles. The van der Waals surface area contributed by atoms with Crippen LogP contribution in [0.25, 0.3) is 0 Å². The van der Waals surface area contributed by atoms with Crippen molar-refractivity contribution < 1.29 is 57.6 Å². The van der Waals surface area contributed by atoms with Crippen molar-refractivity contribution >= 4 is 35.4 Å². The highest BCUT2D eigenvalue weighted by atomic mass is 16.5. The molecular weight excluding hydrogens is 702 g/mol. The van der Waals surface area contributed by atoms with Gasteiger partial charge >= 0.3 is 11.9 Å². The topological polar surface area (TPSA) is 205 Å². The molecule has 15 nitrogen and oxygen atoms in total. The molecule has 0 aromatic heterocycles. The fourth-order valence-corrected chi connectivity index (χ4v) is 5.46.